The Labute approximate surface area is 744 Å². The van der Waals surface area contributed by atoms with E-state index >= 15 is 0 Å². The molecule has 0 spiro atoms. The van der Waals surface area contributed by atoms with Gasteiger partial charge < -0.3 is 89.8 Å². The van der Waals surface area contributed by atoms with Crippen LogP contribution in [0.5, 0.6) is 11.5 Å². The molecule has 5 fully saturated rings. The number of carbonyl (C=O) groups is 1. The fourth-order valence-electron chi connectivity index (χ4n) is 15.4. The molecule has 0 radical (unpaired) electrons. The molecule has 5 aliphatic heterocycles. The molecule has 3 aromatic carbocycles. The van der Waals surface area contributed by atoms with Crippen LogP contribution in [-0.4, -0.2) is 219 Å². The molecule has 55 heteroatoms. The molecule has 1 amide bonds. The van der Waals surface area contributed by atoms with Crippen molar-refractivity contribution in [3.05, 3.63) is 213 Å². The van der Waals surface area contributed by atoms with Gasteiger partial charge in [-0.1, -0.05) is 66.4 Å². The number of benzene rings is 3. The number of ether oxygens (including phenoxy) is 9. The van der Waals surface area contributed by atoms with Crippen molar-refractivity contribution in [3.8, 4) is 23.3 Å². The Kier molecular flexibility index (Phi) is 28.3. The number of anilines is 3. The van der Waals surface area contributed by atoms with Crippen molar-refractivity contribution in [3.63, 3.8) is 0 Å². The van der Waals surface area contributed by atoms with Crippen molar-refractivity contribution in [1.29, 1.82) is 0 Å². The Morgan fingerprint density at radius 1 is 0.530 bits per heavy atom. The van der Waals surface area contributed by atoms with Crippen LogP contribution in [0, 0.1) is 18.8 Å². The number of hydrogen-bond acceptors (Lipinski definition) is 38. The number of aliphatic hydroxyl groups is 1. The Morgan fingerprint density at radius 3 is 1.50 bits per heavy atom. The molecule has 0 saturated carbocycles. The van der Waals surface area contributed by atoms with E-state index in [-0.39, 0.29) is 52.5 Å². The van der Waals surface area contributed by atoms with E-state index in [0.717, 1.165) is 30.8 Å². The van der Waals surface area contributed by atoms with E-state index in [4.69, 9.17) is 96.0 Å². The van der Waals surface area contributed by atoms with Crippen LogP contribution in [0.25, 0.3) is 22.3 Å². The maximum atomic E-state index is 14.9. The zero-order valence-electron chi connectivity index (χ0n) is 70.6. The number of phosphoric acid groups is 4. The van der Waals surface area contributed by atoms with Gasteiger partial charge in [-0.05, 0) is 74.7 Å². The number of aryl methyl sites for hydroxylation is 1. The van der Waals surface area contributed by atoms with Crippen molar-refractivity contribution >= 4 is 77.3 Å². The average Bonchev–Trinajstić information content (AvgIpc) is 1.16. The summed E-state index contributed by atoms with van der Waals surface area (Å²) in [6.45, 7) is 1.28. The molecule has 12 heterocycles. The lowest BCUT2D eigenvalue weighted by molar-refractivity contribution is -0.0952. The number of nitrogens with two attached hydrogens (primary N) is 3. The third kappa shape index (κ3) is 22.0. The molecule has 19 atom stereocenters. The van der Waals surface area contributed by atoms with E-state index in [1.54, 1.807) is 87.5 Å². The number of aliphatic hydroxyl groups excluding tert-OH is 1. The number of rotatable bonds is 34. The minimum Gasteiger partial charge on any atom is -0.497 e. The zero-order chi connectivity index (χ0) is 94.1. The van der Waals surface area contributed by atoms with E-state index in [0.29, 0.717) is 28.2 Å². The topological polar surface area (TPSA) is 685 Å². The lowest BCUT2D eigenvalue weighted by Gasteiger charge is -2.37. The van der Waals surface area contributed by atoms with E-state index < -0.39 is 245 Å². The number of aromatic amines is 3. The Bertz CT molecular complexity index is 6510. The first kappa shape index (κ1) is 95.4. The van der Waals surface area contributed by atoms with Gasteiger partial charge in [0.2, 0.25) is 5.95 Å². The van der Waals surface area contributed by atoms with E-state index in [2.05, 4.69) is 62.0 Å². The molecule has 706 valence electrons. The molecule has 4 unspecified atom stereocenters. The summed E-state index contributed by atoms with van der Waals surface area (Å²) >= 11 is 0. The van der Waals surface area contributed by atoms with Crippen LogP contribution in [0.2, 0.25) is 0 Å². The van der Waals surface area contributed by atoms with Gasteiger partial charge in [-0.15, -0.1) is 0 Å². The highest BCUT2D eigenvalue weighted by Crippen LogP contribution is 2.56. The van der Waals surface area contributed by atoms with E-state index in [1.807, 2.05) is 12.1 Å². The number of fused-ring (bicyclic) bond motifs is 2. The predicted octanol–water partition coefficient (Wildman–Crippen LogP) is 3.08. The van der Waals surface area contributed by atoms with Crippen LogP contribution in [0.4, 0.5) is 22.4 Å². The fourth-order valence-corrected chi connectivity index (χ4v) is 19.2. The Morgan fingerprint density at radius 2 is 0.985 bits per heavy atom. The molecule has 132 heavy (non-hydrogen) atoms. The quantitative estimate of drug-likeness (QED) is 0.0157. The second-order valence-corrected chi connectivity index (χ2v) is 37.2. The molecule has 5 saturated heterocycles. The molecule has 51 nitrogen and oxygen atoms in total. The van der Waals surface area contributed by atoms with Gasteiger partial charge in [0.05, 0.1) is 72.6 Å². The lowest BCUT2D eigenvalue weighted by Crippen LogP contribution is -2.38. The third-order valence-electron chi connectivity index (χ3n) is 21.5. The first-order valence-electron chi connectivity index (χ1n) is 40.4. The van der Waals surface area contributed by atoms with Gasteiger partial charge in [0.1, 0.15) is 132 Å². The highest BCUT2D eigenvalue weighted by Gasteiger charge is 2.52. The summed E-state index contributed by atoms with van der Waals surface area (Å²) in [4.78, 5) is 170. The number of methoxy groups -OCH3 is 2. The van der Waals surface area contributed by atoms with Gasteiger partial charge in [-0.25, -0.2) is 57.4 Å². The summed E-state index contributed by atoms with van der Waals surface area (Å²) < 4.78 is 163. The second kappa shape index (κ2) is 39.1. The maximum absolute atomic E-state index is 14.9. The van der Waals surface area contributed by atoms with Crippen molar-refractivity contribution in [1.82, 2.24) is 73.0 Å². The minimum absolute atomic E-state index is 0.0659. The number of aromatic nitrogens is 14. The number of carbonyl (C=O) groups excluding carboxylic acids is 1. The molecule has 15 rings (SSSR count). The highest BCUT2D eigenvalue weighted by molar-refractivity contribution is 7.48. The number of nitrogen functional groups attached to an aromatic ring is 3. The van der Waals surface area contributed by atoms with Gasteiger partial charge in [0.15, 0.2) is 22.6 Å². The third-order valence-corrected chi connectivity index (χ3v) is 25.6. The molecular weight excluding hydrogens is 1830 g/mol. The second-order valence-electron chi connectivity index (χ2n) is 31.6. The largest absolute Gasteiger partial charge is 0.497 e. The monoisotopic (exact) mass is 1920 g/mol. The number of alkyl carbamates (subject to hydrolysis) is 1. The first-order chi connectivity index (χ1) is 62.7. The smallest absolute Gasteiger partial charge is 0.472 e. The van der Waals surface area contributed by atoms with Crippen LogP contribution >= 0.6 is 31.3 Å². The summed E-state index contributed by atoms with van der Waals surface area (Å²) in [6.07, 6.45) is -19.2. The molecule has 0 aliphatic carbocycles. The Hall–Kier alpha value is -11.2. The van der Waals surface area contributed by atoms with Crippen molar-refractivity contribution in [2.75, 3.05) is 71.0 Å². The van der Waals surface area contributed by atoms with Gasteiger partial charge >= 0.3 is 54.5 Å². The van der Waals surface area contributed by atoms with E-state index in [9.17, 15) is 76.5 Å². The summed E-state index contributed by atoms with van der Waals surface area (Å²) in [5, 5.41) is 13.5. The molecule has 7 aromatic heterocycles. The highest BCUT2D eigenvalue weighted by atomic mass is 31.2. The predicted molar refractivity (Wildman–Crippen MR) is 453 cm³/mol. The summed E-state index contributed by atoms with van der Waals surface area (Å²) in [7, 11) is -19.3. The van der Waals surface area contributed by atoms with Crippen LogP contribution in [-0.2, 0) is 93.2 Å². The number of hydrogen-bond donors (Lipinski definition) is 12. The van der Waals surface area contributed by atoms with Crippen molar-refractivity contribution < 1.29 is 127 Å². The lowest BCUT2D eigenvalue weighted by atomic mass is 9.80. The zero-order valence-corrected chi connectivity index (χ0v) is 74.2. The van der Waals surface area contributed by atoms with Crippen molar-refractivity contribution in [2.24, 2.45) is 0 Å². The van der Waals surface area contributed by atoms with Crippen LogP contribution in [0.3, 0.4) is 0 Å². The SMILES string of the molecule is COc1ccc(C(OC[C@H]2O[C@@H](n3cc(C)c(=O)[nH]c3=O)C[C@@H]2OP(=O)(O)OC[C@H]2O[C@@H](n3cc(C#CCNC(=O)OC(C)(C)C)c(=O)[nH]c3=O)C[C@@H]2OP(=O)(O)OC[C@H]2O[C@@H](n3cnc4c(=O)[nH]c(N)nc43)C[C@@H]2OP(=O)(O)OC[C@H]2O[C@@H](n3ccc(N)nc3=O)C[C@@H]2OP(=O)(O)OC[C@H]2O[C@@H](n3cnc4c(N)ncnc43)C[C@@H]2O)(c2ccccc2)c2ccc(OC)cc2)cc1. The Balaban J connectivity index is 0.685. The number of imidazole rings is 2. The minimum atomic E-state index is -5.74. The number of amides is 1. The average molecular weight is 1920 g/mol. The van der Waals surface area contributed by atoms with Gasteiger partial charge in [0.25, 0.3) is 16.7 Å². The molecule has 0 bridgehead atoms. The van der Waals surface area contributed by atoms with Crippen LogP contribution in [0.15, 0.2) is 151 Å². The van der Waals surface area contributed by atoms with Gasteiger partial charge in [0, 0.05) is 56.3 Å². The molecule has 5 aliphatic rings. The maximum Gasteiger partial charge on any atom is 0.472 e. The normalized spacial score (nSPS) is 25.2. The summed E-state index contributed by atoms with van der Waals surface area (Å²) in [6, 6.07) is 24.1. The number of nitrogens with one attached hydrogen (secondary N) is 4. The first-order valence-corrected chi connectivity index (χ1v) is 46.4. The van der Waals surface area contributed by atoms with Gasteiger partial charge in [-0.2, -0.15) is 9.97 Å². The number of H-pyrrole nitrogens is 3. The van der Waals surface area contributed by atoms with Crippen molar-refractivity contribution in [2.45, 2.75) is 163 Å². The molecule has 10 aromatic rings. The summed E-state index contributed by atoms with van der Waals surface area (Å²) in [5.74, 6) is 5.57. The van der Waals surface area contributed by atoms with Crippen LogP contribution in [0.1, 0.15) is 112 Å². The van der Waals surface area contributed by atoms with Gasteiger partial charge in [-0.3, -0.25) is 88.4 Å². The fraction of sp³-hybridized carbons (Fsp3) is 0.442. The molecule has 15 N–H and O–H groups in total. The number of nitrogens with zero attached hydrogens (tertiary/aromatic N) is 11. The summed E-state index contributed by atoms with van der Waals surface area (Å²) in [5.41, 5.74) is 11.0. The number of phosphoric ester groups is 4. The van der Waals surface area contributed by atoms with E-state index in [1.165, 1.54) is 56.8 Å². The van der Waals surface area contributed by atoms with Crippen LogP contribution < -0.4 is 65.7 Å². The standard InChI is InChI=1S/C77H90N18O33P4/c1-40-30-92(73(101)89-68(40)97)60-27-48(53(120-60)32-114-77(42-12-8-7-9-13-42,43-14-18-45(112-5)19-15-43)44-16-20-46(113-6)21-17-44)125-130(106,107)117-35-55-50(28-61(122-55)93-31-41(69(98)90-74(93)102)11-10-23-81-75(103)124-76(2,3)4)127-131(108,109)118-36-56-51(29-62(123-56)95-39-85-64-67(95)87-71(80)88-70(64)99)128-132(110,111)116-34-54-49(26-59(121-54)91-24-22-57(78)86-72(91)100)126-129(104,105)115-33-52-47(96)25-58(119-52)94-38-84-63-65(79)82-37-83-66(63)94/h7-9,12-22,24,30-31,37-39,47-56,58-62,96H,23,25-29,32-36H2,1-6H3,(H,81,103)(H,104,105)(H,106,107)(H,108,109)(H,110,111)(H2,78,86,100)(H2,79,82,83)(H,89,97,101)(H,90,98,102)(H3,80,87,88,99)/t47-,48-,49-,50-,51-,52+,53+,54+,55+,56+,58+,59+,60+,61+,62+/m0/s1. The molecular formula is C77H90N18O33P4.